The average Bonchev–Trinajstić information content (AvgIpc) is 2.43. The second-order valence-corrected chi connectivity index (χ2v) is 7.02. The van der Waals surface area contributed by atoms with Crippen LogP contribution in [0, 0.1) is 23.7 Å². The van der Waals surface area contributed by atoms with Crippen LogP contribution in [0.25, 0.3) is 0 Å². The lowest BCUT2D eigenvalue weighted by atomic mass is 9.54. The summed E-state index contributed by atoms with van der Waals surface area (Å²) in [7, 11) is 0. The van der Waals surface area contributed by atoms with Gasteiger partial charge in [0.1, 0.15) is 0 Å². The Labute approximate surface area is 120 Å². The lowest BCUT2D eigenvalue weighted by Crippen LogP contribution is -2.56. The van der Waals surface area contributed by atoms with Gasteiger partial charge in [-0.25, -0.2) is 9.97 Å². The largest absolute Gasteiger partial charge is 0.396 e. The van der Waals surface area contributed by atoms with Crippen LogP contribution in [0.15, 0.2) is 12.4 Å². The van der Waals surface area contributed by atoms with E-state index in [4.69, 9.17) is 5.73 Å². The molecule has 1 heterocycles. The Morgan fingerprint density at radius 2 is 1.60 bits per heavy atom. The van der Waals surface area contributed by atoms with Gasteiger partial charge in [0.05, 0.1) is 18.1 Å². The molecule has 0 atom stereocenters. The van der Waals surface area contributed by atoms with Crippen molar-refractivity contribution in [3.63, 3.8) is 0 Å². The molecule has 4 nitrogen and oxygen atoms in total. The summed E-state index contributed by atoms with van der Waals surface area (Å²) in [6, 6.07) is 0.663. The predicted molar refractivity (Wildman–Crippen MR) is 80.3 cm³/mol. The molecule has 4 bridgehead atoms. The molecule has 2 N–H and O–H groups in total. The minimum atomic E-state index is 0.648. The second-order valence-electron chi connectivity index (χ2n) is 7.02. The molecule has 4 heteroatoms. The lowest BCUT2D eigenvalue weighted by molar-refractivity contribution is -0.00299. The maximum atomic E-state index is 5.72. The van der Waals surface area contributed by atoms with Crippen molar-refractivity contribution in [2.24, 2.45) is 23.7 Å². The van der Waals surface area contributed by atoms with Gasteiger partial charge in [-0.2, -0.15) is 0 Å². The van der Waals surface area contributed by atoms with Gasteiger partial charge in [-0.3, -0.25) is 0 Å². The molecule has 1 aromatic heterocycles. The van der Waals surface area contributed by atoms with Crippen molar-refractivity contribution in [3.8, 4) is 0 Å². The van der Waals surface area contributed by atoms with Gasteiger partial charge in [0.2, 0.25) is 5.95 Å². The summed E-state index contributed by atoms with van der Waals surface area (Å²) in [4.78, 5) is 11.4. The average molecular weight is 272 g/mol. The van der Waals surface area contributed by atoms with Gasteiger partial charge in [0.25, 0.3) is 0 Å². The van der Waals surface area contributed by atoms with Crippen molar-refractivity contribution >= 4 is 11.6 Å². The summed E-state index contributed by atoms with van der Waals surface area (Å²) in [5.74, 6) is 4.64. The maximum Gasteiger partial charge on any atom is 0.225 e. The Kier molecular flexibility index (Phi) is 2.86. The third kappa shape index (κ3) is 1.88. The van der Waals surface area contributed by atoms with Crippen molar-refractivity contribution in [3.05, 3.63) is 12.4 Å². The summed E-state index contributed by atoms with van der Waals surface area (Å²) in [5.41, 5.74) is 6.37. The molecule has 108 valence electrons. The molecule has 0 aliphatic heterocycles. The van der Waals surface area contributed by atoms with Crippen molar-refractivity contribution in [2.45, 2.75) is 45.1 Å². The highest BCUT2D eigenvalue weighted by atomic mass is 15.3. The lowest BCUT2D eigenvalue weighted by Gasteiger charge is -2.57. The van der Waals surface area contributed by atoms with Crippen molar-refractivity contribution in [1.29, 1.82) is 0 Å². The van der Waals surface area contributed by atoms with E-state index in [0.29, 0.717) is 11.7 Å². The standard InChI is InChI=1S/C16H24N4/c1-2-20(16-18-8-14(17)9-19-16)15-12-4-10-3-11(6-12)7-13(15)5-10/h8-13,15H,2-7,17H2,1H3. The first kappa shape index (κ1) is 12.4. The molecule has 0 unspecified atom stereocenters. The van der Waals surface area contributed by atoms with Crippen LogP contribution < -0.4 is 10.6 Å². The van der Waals surface area contributed by atoms with E-state index in [9.17, 15) is 0 Å². The van der Waals surface area contributed by atoms with Gasteiger partial charge < -0.3 is 10.6 Å². The van der Waals surface area contributed by atoms with Crippen LogP contribution >= 0.6 is 0 Å². The number of nitrogens with two attached hydrogens (primary N) is 1. The third-order valence-electron chi connectivity index (χ3n) is 5.79. The first-order valence-electron chi connectivity index (χ1n) is 8.08. The highest BCUT2D eigenvalue weighted by Gasteiger charge is 2.50. The Bertz CT molecular complexity index is 456. The zero-order valence-corrected chi connectivity index (χ0v) is 12.2. The zero-order chi connectivity index (χ0) is 13.7. The fourth-order valence-electron chi connectivity index (χ4n) is 5.37. The summed E-state index contributed by atoms with van der Waals surface area (Å²) in [6.07, 6.45) is 10.7. The quantitative estimate of drug-likeness (QED) is 0.919. The molecule has 0 saturated heterocycles. The molecule has 20 heavy (non-hydrogen) atoms. The van der Waals surface area contributed by atoms with Crippen LogP contribution in [0.2, 0.25) is 0 Å². The number of nitrogen functional groups attached to an aromatic ring is 1. The van der Waals surface area contributed by atoms with Gasteiger partial charge in [0.15, 0.2) is 0 Å². The number of rotatable bonds is 3. The summed E-state index contributed by atoms with van der Waals surface area (Å²) in [5, 5.41) is 0. The van der Waals surface area contributed by atoms with Crippen LogP contribution in [0.1, 0.15) is 39.0 Å². The number of nitrogens with zero attached hydrogens (tertiary/aromatic N) is 3. The van der Waals surface area contributed by atoms with E-state index in [0.717, 1.165) is 36.2 Å². The van der Waals surface area contributed by atoms with E-state index in [2.05, 4.69) is 21.8 Å². The maximum absolute atomic E-state index is 5.72. The Morgan fingerprint density at radius 3 is 2.10 bits per heavy atom. The van der Waals surface area contributed by atoms with Crippen molar-refractivity contribution in [2.75, 3.05) is 17.2 Å². The first-order valence-corrected chi connectivity index (χ1v) is 8.08. The van der Waals surface area contributed by atoms with Crippen molar-refractivity contribution in [1.82, 2.24) is 9.97 Å². The number of anilines is 2. The molecule has 5 rings (SSSR count). The van der Waals surface area contributed by atoms with Crippen LogP contribution in [0.4, 0.5) is 11.6 Å². The molecular weight excluding hydrogens is 248 g/mol. The van der Waals surface area contributed by atoms with Gasteiger partial charge >= 0.3 is 0 Å². The number of hydrogen-bond acceptors (Lipinski definition) is 4. The summed E-state index contributed by atoms with van der Waals surface area (Å²) >= 11 is 0. The third-order valence-corrected chi connectivity index (χ3v) is 5.79. The highest BCUT2D eigenvalue weighted by molar-refractivity contribution is 5.39. The van der Waals surface area contributed by atoms with Gasteiger partial charge in [-0.15, -0.1) is 0 Å². The second kappa shape index (κ2) is 4.61. The van der Waals surface area contributed by atoms with Crippen LogP contribution in [0.5, 0.6) is 0 Å². The molecule has 4 aliphatic rings. The minimum Gasteiger partial charge on any atom is -0.396 e. The van der Waals surface area contributed by atoms with E-state index in [1.165, 1.54) is 32.1 Å². The number of aromatic nitrogens is 2. The molecular formula is C16H24N4. The first-order chi connectivity index (χ1) is 9.74. The fraction of sp³-hybridized carbons (Fsp3) is 0.750. The van der Waals surface area contributed by atoms with E-state index in [1.807, 2.05) is 0 Å². The molecule has 4 saturated carbocycles. The van der Waals surface area contributed by atoms with Crippen LogP contribution in [-0.4, -0.2) is 22.6 Å². The molecule has 0 amide bonds. The van der Waals surface area contributed by atoms with E-state index in [1.54, 1.807) is 12.4 Å². The smallest absolute Gasteiger partial charge is 0.225 e. The topological polar surface area (TPSA) is 55.0 Å². The Balaban J connectivity index is 1.63. The summed E-state index contributed by atoms with van der Waals surface area (Å²) in [6.45, 7) is 3.22. The minimum absolute atomic E-state index is 0.648. The number of hydrogen-bond donors (Lipinski definition) is 1. The van der Waals surface area contributed by atoms with Crippen molar-refractivity contribution < 1.29 is 0 Å². The molecule has 0 spiro atoms. The Hall–Kier alpha value is -1.32. The fourth-order valence-corrected chi connectivity index (χ4v) is 5.37. The Morgan fingerprint density at radius 1 is 1.05 bits per heavy atom. The van der Waals surface area contributed by atoms with E-state index >= 15 is 0 Å². The zero-order valence-electron chi connectivity index (χ0n) is 12.2. The SMILES string of the molecule is CCN(c1ncc(N)cn1)C1C2CC3CC(C2)CC1C3. The van der Waals surface area contributed by atoms with E-state index < -0.39 is 0 Å². The van der Waals surface area contributed by atoms with Crippen LogP contribution in [0.3, 0.4) is 0 Å². The van der Waals surface area contributed by atoms with Gasteiger partial charge in [-0.05, 0) is 62.7 Å². The highest BCUT2D eigenvalue weighted by Crippen LogP contribution is 2.55. The molecule has 4 aliphatic carbocycles. The molecule has 4 fully saturated rings. The van der Waals surface area contributed by atoms with Crippen LogP contribution in [-0.2, 0) is 0 Å². The monoisotopic (exact) mass is 272 g/mol. The van der Waals surface area contributed by atoms with Gasteiger partial charge in [0, 0.05) is 12.6 Å². The molecule has 1 aromatic rings. The predicted octanol–water partition coefficient (Wildman–Crippen LogP) is 2.71. The van der Waals surface area contributed by atoms with E-state index in [-0.39, 0.29) is 0 Å². The molecule has 0 aromatic carbocycles. The molecule has 0 radical (unpaired) electrons. The summed E-state index contributed by atoms with van der Waals surface area (Å²) < 4.78 is 0. The van der Waals surface area contributed by atoms with Gasteiger partial charge in [-0.1, -0.05) is 0 Å². The normalized spacial score (nSPS) is 38.1.